The minimum absolute atomic E-state index is 0.0232. The van der Waals surface area contributed by atoms with E-state index in [2.05, 4.69) is 99.9 Å². The molecule has 4 aliphatic carbocycles. The van der Waals surface area contributed by atoms with Gasteiger partial charge in [-0.05, 0) is 72.6 Å². The summed E-state index contributed by atoms with van der Waals surface area (Å²) < 4.78 is 0. The average molecular weight is 516 g/mol. The summed E-state index contributed by atoms with van der Waals surface area (Å²) in [5.74, 6) is 2.43. The van der Waals surface area contributed by atoms with Crippen LogP contribution in [0, 0.1) is 23.2 Å². The second-order valence-electron chi connectivity index (χ2n) is 13.9. The predicted octanol–water partition coefficient (Wildman–Crippen LogP) is 8.25. The summed E-state index contributed by atoms with van der Waals surface area (Å²) in [6, 6.07) is 22.2. The second-order valence-corrected chi connectivity index (χ2v) is 31.1. The van der Waals surface area contributed by atoms with E-state index < -0.39 is 24.0 Å². The smallest absolute Gasteiger partial charge is 0.160 e. The van der Waals surface area contributed by atoms with Crippen LogP contribution in [0.5, 0.6) is 0 Å². The fraction of sp³-hybridized carbons (Fsp3) is 0.516. The lowest BCUT2D eigenvalue weighted by Crippen LogP contribution is -2.60. The zero-order valence-corrected chi connectivity index (χ0v) is 25.7. The van der Waals surface area contributed by atoms with Gasteiger partial charge in [0, 0.05) is 5.41 Å². The summed E-state index contributed by atoms with van der Waals surface area (Å²) in [7, 11) is -4.98. The molecule has 4 aliphatic rings. The van der Waals surface area contributed by atoms with Crippen LogP contribution >= 0.6 is 0 Å². The number of rotatable bonds is 7. The van der Waals surface area contributed by atoms with Crippen molar-refractivity contribution < 1.29 is 4.79 Å². The highest BCUT2D eigenvalue weighted by molar-refractivity contribution is 7.49. The molecule has 1 nitrogen and oxygen atoms in total. The summed E-state index contributed by atoms with van der Waals surface area (Å²) >= 11 is 0. The maximum atomic E-state index is 15.2. The molecule has 1 radical (unpaired) electrons. The lowest BCUT2D eigenvalue weighted by molar-refractivity contribution is -0.135. The fourth-order valence-electron chi connectivity index (χ4n) is 8.06. The maximum absolute atomic E-state index is 15.2. The minimum Gasteiger partial charge on any atom is -0.305 e. The van der Waals surface area contributed by atoms with E-state index in [1.165, 1.54) is 54.8 Å². The first kappa shape index (κ1) is 25.2. The molecule has 0 N–H and O–H groups in total. The molecule has 0 heterocycles. The lowest BCUT2D eigenvalue weighted by atomic mass is 9.50. The maximum Gasteiger partial charge on any atom is 0.160 e. The Morgan fingerprint density at radius 3 is 1.54 bits per heavy atom. The van der Waals surface area contributed by atoms with Crippen LogP contribution < -0.4 is 0 Å². The lowest BCUT2D eigenvalue weighted by Gasteiger charge is -2.57. The Hall–Kier alpha value is -1.50. The molecule has 0 spiro atoms. The van der Waals surface area contributed by atoms with Crippen LogP contribution in [0.3, 0.4) is 0 Å². The van der Waals surface area contributed by atoms with Crippen molar-refractivity contribution in [3.63, 3.8) is 0 Å². The monoisotopic (exact) mass is 515 g/mol. The van der Waals surface area contributed by atoms with Gasteiger partial charge >= 0.3 is 0 Å². The summed E-state index contributed by atoms with van der Waals surface area (Å²) in [5, 5.41) is 3.76. The number of carbonyl (C=O) groups excluding carboxylic acids is 1. The normalized spacial score (nSPS) is 28.8. The Kier molecular flexibility index (Phi) is 6.55. The van der Waals surface area contributed by atoms with Gasteiger partial charge in [0.25, 0.3) is 0 Å². The van der Waals surface area contributed by atoms with Crippen molar-refractivity contribution in [2.24, 2.45) is 23.2 Å². The van der Waals surface area contributed by atoms with Crippen LogP contribution in [0.2, 0.25) is 39.3 Å². The van der Waals surface area contributed by atoms with Crippen molar-refractivity contribution in [3.05, 3.63) is 71.8 Å². The van der Waals surface area contributed by atoms with Crippen LogP contribution in [0.25, 0.3) is 10.4 Å². The van der Waals surface area contributed by atoms with Gasteiger partial charge in [-0.3, -0.25) is 0 Å². The van der Waals surface area contributed by atoms with E-state index in [1.54, 1.807) is 5.20 Å². The second kappa shape index (κ2) is 9.11. The molecule has 0 aliphatic heterocycles. The summed E-state index contributed by atoms with van der Waals surface area (Å²) in [6.07, 6.45) is 7.75. The van der Waals surface area contributed by atoms with E-state index in [9.17, 15) is 0 Å². The van der Waals surface area contributed by atoms with Crippen molar-refractivity contribution in [1.29, 1.82) is 0 Å². The molecule has 4 fully saturated rings. The molecule has 0 amide bonds. The van der Waals surface area contributed by atoms with Gasteiger partial charge in [0.05, 0.1) is 15.7 Å². The third-order valence-corrected chi connectivity index (χ3v) is 20.6. The summed E-state index contributed by atoms with van der Waals surface area (Å²) in [6.45, 7) is 14.9. The van der Waals surface area contributed by atoms with E-state index in [0.717, 1.165) is 23.2 Å². The number of carbonyl (C=O) groups is 1. The van der Waals surface area contributed by atoms with Crippen LogP contribution in [0.4, 0.5) is 0 Å². The molecular formula is C31H43OSi3. The van der Waals surface area contributed by atoms with Crippen molar-refractivity contribution >= 4 is 39.8 Å². The summed E-state index contributed by atoms with van der Waals surface area (Å²) in [5.41, 5.74) is 2.65. The van der Waals surface area contributed by atoms with Crippen molar-refractivity contribution in [2.75, 3.05) is 0 Å². The molecule has 2 aromatic rings. The van der Waals surface area contributed by atoms with Gasteiger partial charge in [-0.2, -0.15) is 0 Å². The first-order valence-corrected chi connectivity index (χ1v) is 23.3. The van der Waals surface area contributed by atoms with Crippen LogP contribution in [-0.4, -0.2) is 29.4 Å². The molecule has 0 unspecified atom stereocenters. The Morgan fingerprint density at radius 2 is 1.14 bits per heavy atom. The van der Waals surface area contributed by atoms with E-state index in [4.69, 9.17) is 0 Å². The largest absolute Gasteiger partial charge is 0.305 e. The zero-order valence-electron chi connectivity index (χ0n) is 22.7. The van der Waals surface area contributed by atoms with Crippen molar-refractivity contribution in [3.8, 4) is 0 Å². The highest BCUT2D eigenvalue weighted by atomic mass is 29.2. The molecule has 185 valence electrons. The van der Waals surface area contributed by atoms with Gasteiger partial charge in [-0.1, -0.05) is 105 Å². The molecule has 0 atom stereocenters. The molecule has 35 heavy (non-hydrogen) atoms. The SMILES string of the molecule is C[Si](C)(C)/C(=C(\c1ccccc1)[Si](C(=O)C12CC3CC(CC(C3)C1)C2)[Si](C)(C)C)c1ccccc1. The average Bonchev–Trinajstić information content (AvgIpc) is 2.77. The highest BCUT2D eigenvalue weighted by Crippen LogP contribution is 2.61. The van der Waals surface area contributed by atoms with Gasteiger partial charge in [-0.15, -0.1) is 0 Å². The van der Waals surface area contributed by atoms with Crippen LogP contribution in [0.1, 0.15) is 49.7 Å². The topological polar surface area (TPSA) is 17.1 Å². The van der Waals surface area contributed by atoms with Gasteiger partial charge < -0.3 is 4.79 Å². The third-order valence-electron chi connectivity index (χ3n) is 8.87. The van der Waals surface area contributed by atoms with Crippen LogP contribution in [-0.2, 0) is 4.79 Å². The van der Waals surface area contributed by atoms with E-state index >= 15 is 4.79 Å². The molecule has 0 aromatic heterocycles. The Morgan fingerprint density at radius 1 is 0.714 bits per heavy atom. The van der Waals surface area contributed by atoms with E-state index in [1.807, 2.05) is 0 Å². The standard InChI is InChI=1S/C31H43OSi3/c1-34(2,3)29(27-15-11-8-12-16-27)28(26-13-9-7-10-14-26)33(35(4,5)6)30(32)31-20-23-17-24(21-31)19-25(18-23)22-31/h7-16,23-25H,17-22H2,1-6H3/b29-28+. The Balaban J connectivity index is 1.75. The van der Waals surface area contributed by atoms with Gasteiger partial charge in [-0.25, -0.2) is 0 Å². The third kappa shape index (κ3) is 4.78. The number of benzene rings is 2. The van der Waals surface area contributed by atoms with E-state index in [-0.39, 0.29) is 5.41 Å². The zero-order chi connectivity index (χ0) is 25.0. The van der Waals surface area contributed by atoms with Crippen molar-refractivity contribution in [2.45, 2.75) is 77.8 Å². The van der Waals surface area contributed by atoms with Gasteiger partial charge in [0.15, 0.2) is 8.31 Å². The quantitative estimate of drug-likeness (QED) is 0.268. The first-order valence-electron chi connectivity index (χ1n) is 13.8. The first-order chi connectivity index (χ1) is 16.5. The molecule has 2 aromatic carbocycles. The molecular weight excluding hydrogens is 473 g/mol. The fourth-order valence-corrected chi connectivity index (χ4v) is 21.1. The number of hydrogen-bond donors (Lipinski definition) is 0. The van der Waals surface area contributed by atoms with Crippen LogP contribution in [0.15, 0.2) is 60.7 Å². The highest BCUT2D eigenvalue weighted by Gasteiger charge is 2.58. The molecule has 6 rings (SSSR count). The van der Waals surface area contributed by atoms with Gasteiger partial charge in [0.1, 0.15) is 5.41 Å². The van der Waals surface area contributed by atoms with Gasteiger partial charge in [0.2, 0.25) is 0 Å². The van der Waals surface area contributed by atoms with Crippen molar-refractivity contribution in [1.82, 2.24) is 0 Å². The molecule has 4 bridgehead atoms. The summed E-state index contributed by atoms with van der Waals surface area (Å²) in [4.78, 5) is 15.2. The minimum atomic E-state index is -1.81. The Bertz CT molecular complexity index is 1070. The predicted molar refractivity (Wildman–Crippen MR) is 158 cm³/mol. The Labute approximate surface area is 216 Å². The van der Waals surface area contributed by atoms with E-state index in [0.29, 0.717) is 0 Å². The molecule has 4 heteroatoms. The number of hydrogen-bond acceptors (Lipinski definition) is 1. The molecule has 0 saturated heterocycles. The molecule has 4 saturated carbocycles.